The van der Waals surface area contributed by atoms with E-state index < -0.39 is 67.2 Å². The standard InChI is InChI=1S/C21H24O12/c1-10(22)28-9-16-17(29-11(2)23)18(30-12(3)24)19(31-13(4)25)21(33-16)32-15-7-5-6-14(8-15)20(26)27/h5-8,16-19,21H,9H2,1-4H3,(H,26,27). The minimum Gasteiger partial charge on any atom is -0.478 e. The summed E-state index contributed by atoms with van der Waals surface area (Å²) >= 11 is 0. The Morgan fingerprint density at radius 2 is 1.42 bits per heavy atom. The van der Waals surface area contributed by atoms with E-state index in [9.17, 15) is 29.1 Å². The number of carboxylic acid groups (broad SMARTS) is 1. The first kappa shape index (κ1) is 25.6. The van der Waals surface area contributed by atoms with Gasteiger partial charge < -0.3 is 33.5 Å². The summed E-state index contributed by atoms with van der Waals surface area (Å²) in [5, 5.41) is 9.20. The molecule has 0 amide bonds. The maximum absolute atomic E-state index is 11.8. The molecule has 5 unspecified atom stereocenters. The molecule has 1 aromatic carbocycles. The largest absolute Gasteiger partial charge is 0.478 e. The molecule has 1 heterocycles. The number of ether oxygens (including phenoxy) is 6. The second kappa shape index (κ2) is 11.3. The molecule has 0 saturated carbocycles. The molecule has 1 saturated heterocycles. The summed E-state index contributed by atoms with van der Waals surface area (Å²) in [5.74, 6) is -4.15. The molecule has 2 rings (SSSR count). The second-order valence-electron chi connectivity index (χ2n) is 7.02. The van der Waals surface area contributed by atoms with Crippen molar-refractivity contribution in [1.82, 2.24) is 0 Å². The van der Waals surface area contributed by atoms with Crippen LogP contribution in [0.1, 0.15) is 38.1 Å². The normalized spacial score (nSPS) is 24.2. The molecule has 1 aromatic rings. The Bertz CT molecular complexity index is 910. The van der Waals surface area contributed by atoms with Crippen molar-refractivity contribution in [3.63, 3.8) is 0 Å². The van der Waals surface area contributed by atoms with E-state index in [0.29, 0.717) is 0 Å². The van der Waals surface area contributed by atoms with Gasteiger partial charge in [0, 0.05) is 27.7 Å². The van der Waals surface area contributed by atoms with Crippen LogP contribution in [0.2, 0.25) is 0 Å². The van der Waals surface area contributed by atoms with Gasteiger partial charge in [-0.05, 0) is 18.2 Å². The molecule has 180 valence electrons. The minimum absolute atomic E-state index is 0.0378. The van der Waals surface area contributed by atoms with Gasteiger partial charge in [-0.1, -0.05) is 6.07 Å². The predicted molar refractivity (Wildman–Crippen MR) is 106 cm³/mol. The van der Waals surface area contributed by atoms with Gasteiger partial charge in [-0.3, -0.25) is 19.2 Å². The van der Waals surface area contributed by atoms with Crippen molar-refractivity contribution in [1.29, 1.82) is 0 Å². The molecule has 1 aliphatic rings. The number of carbonyl (C=O) groups is 5. The lowest BCUT2D eigenvalue weighted by atomic mass is 9.98. The van der Waals surface area contributed by atoms with Crippen LogP contribution in [0.4, 0.5) is 0 Å². The van der Waals surface area contributed by atoms with Crippen LogP contribution in [0, 0.1) is 0 Å². The number of carboxylic acids is 1. The van der Waals surface area contributed by atoms with Crippen LogP contribution in [-0.2, 0) is 42.9 Å². The van der Waals surface area contributed by atoms with Crippen molar-refractivity contribution < 1.29 is 57.5 Å². The number of hydrogen-bond acceptors (Lipinski definition) is 11. The Hall–Kier alpha value is -3.67. The van der Waals surface area contributed by atoms with E-state index in [4.69, 9.17) is 28.4 Å². The van der Waals surface area contributed by atoms with Crippen molar-refractivity contribution in [2.75, 3.05) is 6.61 Å². The van der Waals surface area contributed by atoms with Gasteiger partial charge >= 0.3 is 29.8 Å². The molecule has 1 N–H and O–H groups in total. The second-order valence-corrected chi connectivity index (χ2v) is 7.02. The first-order valence-electron chi connectivity index (χ1n) is 9.78. The van der Waals surface area contributed by atoms with E-state index in [1.54, 1.807) is 0 Å². The molecule has 12 heteroatoms. The van der Waals surface area contributed by atoms with Crippen LogP contribution in [0.15, 0.2) is 24.3 Å². The van der Waals surface area contributed by atoms with E-state index in [1.807, 2.05) is 0 Å². The maximum Gasteiger partial charge on any atom is 0.335 e. The van der Waals surface area contributed by atoms with Gasteiger partial charge in [0.25, 0.3) is 0 Å². The van der Waals surface area contributed by atoms with Gasteiger partial charge in [0.15, 0.2) is 12.2 Å². The third-order valence-electron chi connectivity index (χ3n) is 4.28. The van der Waals surface area contributed by atoms with Gasteiger partial charge in [0.05, 0.1) is 5.56 Å². The van der Waals surface area contributed by atoms with Crippen LogP contribution in [0.5, 0.6) is 5.75 Å². The van der Waals surface area contributed by atoms with Crippen LogP contribution < -0.4 is 4.74 Å². The maximum atomic E-state index is 11.8. The lowest BCUT2D eigenvalue weighted by Crippen LogP contribution is -2.63. The number of aromatic carboxylic acids is 1. The van der Waals surface area contributed by atoms with Crippen molar-refractivity contribution in [3.8, 4) is 5.75 Å². The number of carbonyl (C=O) groups excluding carboxylic acids is 4. The predicted octanol–water partition coefficient (Wildman–Crippen LogP) is 0.847. The molecule has 1 aliphatic heterocycles. The van der Waals surface area contributed by atoms with Crippen LogP contribution in [-0.4, -0.2) is 72.3 Å². The van der Waals surface area contributed by atoms with Gasteiger partial charge in [-0.25, -0.2) is 4.79 Å². The Labute approximate surface area is 188 Å². The third-order valence-corrected chi connectivity index (χ3v) is 4.28. The lowest BCUT2D eigenvalue weighted by Gasteiger charge is -2.43. The Balaban J connectivity index is 2.47. The van der Waals surface area contributed by atoms with E-state index in [2.05, 4.69) is 0 Å². The summed E-state index contributed by atoms with van der Waals surface area (Å²) < 4.78 is 32.3. The van der Waals surface area contributed by atoms with Gasteiger partial charge in [-0.2, -0.15) is 0 Å². The summed E-state index contributed by atoms with van der Waals surface area (Å²) in [6, 6.07) is 5.39. The summed E-state index contributed by atoms with van der Waals surface area (Å²) in [6.07, 6.45) is -6.76. The molecule has 33 heavy (non-hydrogen) atoms. The summed E-state index contributed by atoms with van der Waals surface area (Å²) in [5.41, 5.74) is -0.0851. The minimum atomic E-state index is -1.45. The molecule has 1 fully saturated rings. The monoisotopic (exact) mass is 468 g/mol. The van der Waals surface area contributed by atoms with Crippen LogP contribution in [0.3, 0.4) is 0 Å². The van der Waals surface area contributed by atoms with Gasteiger partial charge in [-0.15, -0.1) is 0 Å². The fourth-order valence-electron chi connectivity index (χ4n) is 3.12. The number of rotatable bonds is 8. The SMILES string of the molecule is CC(=O)OCC1OC(Oc2cccc(C(=O)O)c2)C(OC(C)=O)C(OC(C)=O)C1OC(C)=O. The zero-order valence-electron chi connectivity index (χ0n) is 18.3. The zero-order valence-corrected chi connectivity index (χ0v) is 18.3. The highest BCUT2D eigenvalue weighted by atomic mass is 16.7. The molecular weight excluding hydrogens is 444 g/mol. The van der Waals surface area contributed by atoms with Crippen LogP contribution >= 0.6 is 0 Å². The lowest BCUT2D eigenvalue weighted by molar-refractivity contribution is -0.288. The highest BCUT2D eigenvalue weighted by molar-refractivity contribution is 5.88. The first-order chi connectivity index (χ1) is 15.5. The Kier molecular flexibility index (Phi) is 8.74. The molecule has 0 radical (unpaired) electrons. The van der Waals surface area contributed by atoms with Gasteiger partial charge in [0.2, 0.25) is 12.4 Å². The summed E-state index contributed by atoms with van der Waals surface area (Å²) in [4.78, 5) is 57.9. The number of esters is 4. The topological polar surface area (TPSA) is 161 Å². The van der Waals surface area contributed by atoms with Crippen molar-refractivity contribution in [3.05, 3.63) is 29.8 Å². The van der Waals surface area contributed by atoms with Crippen molar-refractivity contribution >= 4 is 29.8 Å². The molecule has 0 aromatic heterocycles. The average molecular weight is 468 g/mol. The van der Waals surface area contributed by atoms with Crippen molar-refractivity contribution in [2.45, 2.75) is 58.4 Å². The van der Waals surface area contributed by atoms with E-state index >= 15 is 0 Å². The first-order valence-corrected chi connectivity index (χ1v) is 9.78. The molecule has 0 aliphatic carbocycles. The highest BCUT2D eigenvalue weighted by Gasteiger charge is 2.53. The Morgan fingerprint density at radius 3 is 1.97 bits per heavy atom. The summed E-state index contributed by atoms with van der Waals surface area (Å²) in [7, 11) is 0. The Morgan fingerprint density at radius 1 is 0.848 bits per heavy atom. The molecule has 12 nitrogen and oxygen atoms in total. The van der Waals surface area contributed by atoms with E-state index in [0.717, 1.165) is 27.7 Å². The van der Waals surface area contributed by atoms with E-state index in [1.165, 1.54) is 24.3 Å². The highest BCUT2D eigenvalue weighted by Crippen LogP contribution is 2.31. The van der Waals surface area contributed by atoms with Crippen LogP contribution in [0.25, 0.3) is 0 Å². The quantitative estimate of drug-likeness (QED) is 0.423. The number of hydrogen-bond donors (Lipinski definition) is 1. The third kappa shape index (κ3) is 7.45. The summed E-state index contributed by atoms with van der Waals surface area (Å²) in [6.45, 7) is 4.04. The molecule has 5 atom stereocenters. The van der Waals surface area contributed by atoms with E-state index in [-0.39, 0.29) is 11.3 Å². The number of benzene rings is 1. The average Bonchev–Trinajstić information content (AvgIpc) is 2.70. The van der Waals surface area contributed by atoms with Gasteiger partial charge in [0.1, 0.15) is 18.5 Å². The molecule has 0 bridgehead atoms. The smallest absolute Gasteiger partial charge is 0.335 e. The molecule has 0 spiro atoms. The molecular formula is C21H24O12. The fourth-order valence-corrected chi connectivity index (χ4v) is 3.12. The zero-order chi connectivity index (χ0) is 24.7. The fraction of sp³-hybridized carbons (Fsp3) is 0.476. The van der Waals surface area contributed by atoms with Crippen molar-refractivity contribution in [2.24, 2.45) is 0 Å².